The van der Waals surface area contributed by atoms with Crippen LogP contribution in [-0.4, -0.2) is 17.6 Å². The lowest BCUT2D eigenvalue weighted by Crippen LogP contribution is -2.37. The molecule has 1 aromatic heterocycles. The molecule has 2 heterocycles. The summed E-state index contributed by atoms with van der Waals surface area (Å²) in [6.07, 6.45) is 6.97. The number of ether oxygens (including phenoxy) is 1. The fourth-order valence-corrected chi connectivity index (χ4v) is 4.11. The number of fused-ring (bicyclic) bond motifs is 1. The highest BCUT2D eigenvalue weighted by atomic mass is 35.5. The van der Waals surface area contributed by atoms with Crippen LogP contribution in [-0.2, 0) is 24.2 Å². The molecule has 5 heteroatoms. The molecule has 2 aromatic carbocycles. The zero-order valence-corrected chi connectivity index (χ0v) is 16.8. The van der Waals surface area contributed by atoms with Crippen molar-refractivity contribution in [2.45, 2.75) is 38.8 Å². The molecule has 28 heavy (non-hydrogen) atoms. The molecule has 4 rings (SSSR count). The number of rotatable bonds is 4. The average Bonchev–Trinajstić information content (AvgIpc) is 2.89. The molecule has 0 radical (unpaired) electrons. The third-order valence-corrected chi connectivity index (χ3v) is 5.58. The molecule has 4 nitrogen and oxygen atoms in total. The number of methoxy groups -OCH3 is 1. The SMILES string of the molecule is COC(=O)c1ccc(C[n+]2cc(-c3cccc(Cl)c3)n3c2CCCCC3)cc1. The minimum absolute atomic E-state index is 0.305. The van der Waals surface area contributed by atoms with Crippen molar-refractivity contribution in [2.75, 3.05) is 7.11 Å². The predicted octanol–water partition coefficient (Wildman–Crippen LogP) is 4.66. The maximum absolute atomic E-state index is 11.7. The van der Waals surface area contributed by atoms with Crippen LogP contribution in [0.25, 0.3) is 11.3 Å². The molecule has 3 aromatic rings. The maximum Gasteiger partial charge on any atom is 0.337 e. The van der Waals surface area contributed by atoms with E-state index < -0.39 is 0 Å². The van der Waals surface area contributed by atoms with Gasteiger partial charge in [0.05, 0.1) is 19.2 Å². The first-order chi connectivity index (χ1) is 13.7. The monoisotopic (exact) mass is 395 g/mol. The third kappa shape index (κ3) is 3.83. The standard InChI is InChI=1S/C23H24ClN2O2/c1-28-23(27)18-11-9-17(10-12-18)15-25-16-21(19-6-5-7-20(24)14-19)26-13-4-2-3-8-22(25)26/h5-7,9-12,14,16H,2-4,8,13,15H2,1H3/q+1. The zero-order chi connectivity index (χ0) is 19.5. The topological polar surface area (TPSA) is 35.1 Å². The van der Waals surface area contributed by atoms with Gasteiger partial charge in [0.1, 0.15) is 12.7 Å². The summed E-state index contributed by atoms with van der Waals surface area (Å²) in [4.78, 5) is 11.7. The van der Waals surface area contributed by atoms with Gasteiger partial charge in [-0.25, -0.2) is 13.9 Å². The van der Waals surface area contributed by atoms with Gasteiger partial charge in [0.2, 0.25) is 0 Å². The van der Waals surface area contributed by atoms with Crippen LogP contribution in [0, 0.1) is 0 Å². The van der Waals surface area contributed by atoms with Gasteiger partial charge in [-0.2, -0.15) is 0 Å². The number of esters is 1. The van der Waals surface area contributed by atoms with Crippen molar-refractivity contribution in [1.29, 1.82) is 0 Å². The number of nitrogens with zero attached hydrogens (tertiary/aromatic N) is 2. The smallest absolute Gasteiger partial charge is 0.337 e. The van der Waals surface area contributed by atoms with E-state index in [1.54, 1.807) is 0 Å². The second-order valence-corrected chi connectivity index (χ2v) is 7.66. The van der Waals surface area contributed by atoms with Gasteiger partial charge in [-0.05, 0) is 49.1 Å². The van der Waals surface area contributed by atoms with Crippen LogP contribution in [0.1, 0.15) is 41.0 Å². The molecular weight excluding hydrogens is 372 g/mol. The number of benzene rings is 2. The number of imidazole rings is 1. The van der Waals surface area contributed by atoms with E-state index >= 15 is 0 Å². The Hall–Kier alpha value is -2.59. The van der Waals surface area contributed by atoms with Gasteiger partial charge in [-0.15, -0.1) is 0 Å². The van der Waals surface area contributed by atoms with Crippen molar-refractivity contribution < 1.29 is 14.1 Å². The highest BCUT2D eigenvalue weighted by Gasteiger charge is 2.26. The van der Waals surface area contributed by atoms with Crippen LogP contribution < -0.4 is 4.57 Å². The van der Waals surface area contributed by atoms with Crippen LogP contribution in [0.2, 0.25) is 5.02 Å². The Kier molecular flexibility index (Phi) is 5.49. The zero-order valence-electron chi connectivity index (χ0n) is 16.0. The second-order valence-electron chi connectivity index (χ2n) is 7.22. The Morgan fingerprint density at radius 1 is 1.14 bits per heavy atom. The lowest BCUT2D eigenvalue weighted by atomic mass is 10.1. The highest BCUT2D eigenvalue weighted by molar-refractivity contribution is 6.30. The summed E-state index contributed by atoms with van der Waals surface area (Å²) < 4.78 is 9.57. The number of hydrogen-bond donors (Lipinski definition) is 0. The quantitative estimate of drug-likeness (QED) is 0.475. The van der Waals surface area contributed by atoms with Crippen molar-refractivity contribution in [3.05, 3.63) is 76.7 Å². The maximum atomic E-state index is 11.7. The predicted molar refractivity (Wildman–Crippen MR) is 110 cm³/mol. The number of aromatic nitrogens is 2. The molecule has 0 amide bonds. The van der Waals surface area contributed by atoms with Crippen molar-refractivity contribution in [3.8, 4) is 11.3 Å². The Labute approximate surface area is 170 Å². The fourth-order valence-electron chi connectivity index (χ4n) is 3.92. The molecular formula is C23H24ClN2O2+. The molecule has 0 bridgehead atoms. The number of hydrogen-bond acceptors (Lipinski definition) is 2. The Morgan fingerprint density at radius 2 is 1.96 bits per heavy atom. The summed E-state index contributed by atoms with van der Waals surface area (Å²) >= 11 is 6.25. The van der Waals surface area contributed by atoms with Crippen LogP contribution in [0.4, 0.5) is 0 Å². The molecule has 0 fully saturated rings. The van der Waals surface area contributed by atoms with E-state index in [-0.39, 0.29) is 5.97 Å². The summed E-state index contributed by atoms with van der Waals surface area (Å²) in [6.45, 7) is 1.81. The Balaban J connectivity index is 1.70. The van der Waals surface area contributed by atoms with Crippen LogP contribution >= 0.6 is 11.6 Å². The minimum atomic E-state index is -0.305. The molecule has 0 saturated heterocycles. The number of carbonyl (C=O) groups is 1. The van der Waals surface area contributed by atoms with Gasteiger partial charge in [-0.3, -0.25) is 0 Å². The first kappa shape index (κ1) is 18.8. The molecule has 0 atom stereocenters. The van der Waals surface area contributed by atoms with E-state index in [1.807, 2.05) is 42.5 Å². The molecule has 1 aliphatic rings. The molecule has 144 valence electrons. The Bertz CT molecular complexity index is 992. The molecule has 0 unspecified atom stereocenters. The highest BCUT2D eigenvalue weighted by Crippen LogP contribution is 2.26. The summed E-state index contributed by atoms with van der Waals surface area (Å²) in [7, 11) is 1.40. The van der Waals surface area contributed by atoms with E-state index in [0.29, 0.717) is 5.56 Å². The van der Waals surface area contributed by atoms with Crippen molar-refractivity contribution in [3.63, 3.8) is 0 Å². The lowest BCUT2D eigenvalue weighted by molar-refractivity contribution is -0.695. The van der Waals surface area contributed by atoms with E-state index in [9.17, 15) is 4.79 Å². The van der Waals surface area contributed by atoms with Gasteiger partial charge in [-0.1, -0.05) is 35.9 Å². The third-order valence-electron chi connectivity index (χ3n) is 5.34. The molecule has 0 spiro atoms. The van der Waals surface area contributed by atoms with Crippen LogP contribution in [0.15, 0.2) is 54.7 Å². The number of halogens is 1. The van der Waals surface area contributed by atoms with E-state index in [2.05, 4.69) is 21.4 Å². The summed E-state index contributed by atoms with van der Waals surface area (Å²) in [5.41, 5.74) is 4.10. The van der Waals surface area contributed by atoms with Crippen LogP contribution in [0.5, 0.6) is 0 Å². The van der Waals surface area contributed by atoms with E-state index in [1.165, 1.54) is 37.9 Å². The van der Waals surface area contributed by atoms with Crippen LogP contribution in [0.3, 0.4) is 0 Å². The fraction of sp³-hybridized carbons (Fsp3) is 0.304. The second kappa shape index (κ2) is 8.19. The van der Waals surface area contributed by atoms with E-state index in [4.69, 9.17) is 16.3 Å². The molecule has 1 aliphatic heterocycles. The number of carbonyl (C=O) groups excluding carboxylic acids is 1. The van der Waals surface area contributed by atoms with E-state index in [0.717, 1.165) is 35.7 Å². The Morgan fingerprint density at radius 3 is 2.71 bits per heavy atom. The molecule has 0 aliphatic carbocycles. The average molecular weight is 396 g/mol. The largest absolute Gasteiger partial charge is 0.465 e. The lowest BCUT2D eigenvalue weighted by Gasteiger charge is -2.04. The van der Waals surface area contributed by atoms with Crippen molar-refractivity contribution in [1.82, 2.24) is 4.57 Å². The van der Waals surface area contributed by atoms with Crippen molar-refractivity contribution in [2.24, 2.45) is 0 Å². The normalized spacial score (nSPS) is 13.6. The first-order valence-electron chi connectivity index (χ1n) is 9.71. The summed E-state index contributed by atoms with van der Waals surface area (Å²) in [5.74, 6) is 1.05. The minimum Gasteiger partial charge on any atom is -0.465 e. The summed E-state index contributed by atoms with van der Waals surface area (Å²) in [6, 6.07) is 15.7. The van der Waals surface area contributed by atoms with Gasteiger partial charge >= 0.3 is 5.97 Å². The molecule has 0 saturated carbocycles. The van der Waals surface area contributed by atoms with Crippen molar-refractivity contribution >= 4 is 17.6 Å². The first-order valence-corrected chi connectivity index (χ1v) is 10.1. The van der Waals surface area contributed by atoms with Gasteiger partial charge in [0, 0.05) is 17.0 Å². The summed E-state index contributed by atoms with van der Waals surface area (Å²) in [5, 5.41) is 0.756. The van der Waals surface area contributed by atoms with Gasteiger partial charge < -0.3 is 4.74 Å². The molecule has 0 N–H and O–H groups in total. The van der Waals surface area contributed by atoms with Gasteiger partial charge in [0.15, 0.2) is 5.69 Å². The van der Waals surface area contributed by atoms with Gasteiger partial charge in [0.25, 0.3) is 5.82 Å².